The Bertz CT molecular complexity index is 1150. The van der Waals surface area contributed by atoms with E-state index in [2.05, 4.69) is 10.1 Å². The van der Waals surface area contributed by atoms with Crippen LogP contribution in [0.2, 0.25) is 0 Å². The van der Waals surface area contributed by atoms with Crippen molar-refractivity contribution in [1.29, 1.82) is 0 Å². The molecule has 0 atom stereocenters. The predicted molar refractivity (Wildman–Crippen MR) is 108 cm³/mol. The van der Waals surface area contributed by atoms with Gasteiger partial charge in [0.1, 0.15) is 5.69 Å². The van der Waals surface area contributed by atoms with Gasteiger partial charge in [-0.1, -0.05) is 53.7 Å². The maximum Gasteiger partial charge on any atom is 0.259 e. The van der Waals surface area contributed by atoms with Crippen LogP contribution in [0.5, 0.6) is 0 Å². The third-order valence-corrected chi connectivity index (χ3v) is 5.19. The Hall–Kier alpha value is -3.47. The number of aromatic nitrogens is 2. The van der Waals surface area contributed by atoms with Crippen molar-refractivity contribution in [2.24, 2.45) is 0 Å². The van der Waals surface area contributed by atoms with E-state index < -0.39 is 0 Å². The number of hydrogen-bond donors (Lipinski definition) is 0. The van der Waals surface area contributed by atoms with Gasteiger partial charge in [0.25, 0.3) is 11.6 Å². The first-order chi connectivity index (χ1) is 13.7. The van der Waals surface area contributed by atoms with Crippen LogP contribution in [0.4, 0.5) is 5.69 Å². The number of rotatable bonds is 4. The number of carbonyl (C=O) groups excluding carboxylic acids is 1. The Morgan fingerprint density at radius 3 is 2.39 bits per heavy atom. The zero-order chi connectivity index (χ0) is 19.1. The third kappa shape index (κ3) is 2.85. The van der Waals surface area contributed by atoms with Crippen LogP contribution in [-0.2, 0) is 0 Å². The molecule has 1 saturated carbocycles. The van der Waals surface area contributed by atoms with Gasteiger partial charge < -0.3 is 9.42 Å². The average Bonchev–Trinajstić information content (AvgIpc) is 3.52. The molecule has 0 unspecified atom stereocenters. The summed E-state index contributed by atoms with van der Waals surface area (Å²) < 4.78 is 5.57. The number of benzene rings is 2. The van der Waals surface area contributed by atoms with Crippen molar-refractivity contribution in [3.8, 4) is 11.3 Å². The van der Waals surface area contributed by atoms with E-state index in [-0.39, 0.29) is 5.91 Å². The highest BCUT2D eigenvalue weighted by Gasteiger charge is 2.30. The molecular formula is C23H19N3O2. The highest BCUT2D eigenvalue weighted by molar-refractivity contribution is 6.15. The zero-order valence-electron chi connectivity index (χ0n) is 15.5. The van der Waals surface area contributed by atoms with Crippen LogP contribution < -0.4 is 4.90 Å². The molecule has 0 N–H and O–H groups in total. The van der Waals surface area contributed by atoms with Crippen molar-refractivity contribution >= 4 is 22.7 Å². The summed E-state index contributed by atoms with van der Waals surface area (Å²) in [6.45, 7) is 0. The Labute approximate surface area is 162 Å². The number of hydrogen-bond acceptors (Lipinski definition) is 4. The lowest BCUT2D eigenvalue weighted by Gasteiger charge is -2.18. The number of amides is 1. The maximum absolute atomic E-state index is 13.5. The molecule has 5 heteroatoms. The van der Waals surface area contributed by atoms with Gasteiger partial charge in [0.2, 0.25) is 0 Å². The minimum atomic E-state index is -0.0964. The molecule has 0 bridgehead atoms. The SMILES string of the molecule is CN(C(=O)c1cc(C2CC2)nc2onc(-c3ccccc3)c12)c1ccccc1. The van der Waals surface area contributed by atoms with E-state index in [0.29, 0.717) is 28.3 Å². The van der Waals surface area contributed by atoms with Crippen molar-refractivity contribution in [2.75, 3.05) is 11.9 Å². The minimum Gasteiger partial charge on any atom is -0.335 e. The molecule has 1 aliphatic rings. The maximum atomic E-state index is 13.5. The minimum absolute atomic E-state index is 0.0964. The van der Waals surface area contributed by atoms with Gasteiger partial charge in [-0.25, -0.2) is 4.98 Å². The van der Waals surface area contributed by atoms with Gasteiger partial charge in [0.15, 0.2) is 0 Å². The van der Waals surface area contributed by atoms with Crippen molar-refractivity contribution in [2.45, 2.75) is 18.8 Å². The molecule has 5 nitrogen and oxygen atoms in total. The molecule has 138 valence electrons. The summed E-state index contributed by atoms with van der Waals surface area (Å²) in [7, 11) is 1.79. The zero-order valence-corrected chi connectivity index (χ0v) is 15.5. The molecule has 1 fully saturated rings. The average molecular weight is 369 g/mol. The summed E-state index contributed by atoms with van der Waals surface area (Å²) in [5, 5.41) is 4.92. The van der Waals surface area contributed by atoms with Crippen molar-refractivity contribution in [1.82, 2.24) is 10.1 Å². The van der Waals surface area contributed by atoms with E-state index in [1.807, 2.05) is 66.7 Å². The van der Waals surface area contributed by atoms with Crippen molar-refractivity contribution < 1.29 is 9.32 Å². The second-order valence-electron chi connectivity index (χ2n) is 7.15. The Balaban J connectivity index is 1.69. The summed E-state index contributed by atoms with van der Waals surface area (Å²) in [6, 6.07) is 21.3. The van der Waals surface area contributed by atoms with Gasteiger partial charge in [-0.15, -0.1) is 0 Å². The number of carbonyl (C=O) groups is 1. The van der Waals surface area contributed by atoms with Gasteiger partial charge in [-0.2, -0.15) is 0 Å². The first-order valence-electron chi connectivity index (χ1n) is 9.41. The monoisotopic (exact) mass is 369 g/mol. The molecule has 2 heterocycles. The second kappa shape index (κ2) is 6.60. The first kappa shape index (κ1) is 16.7. The van der Waals surface area contributed by atoms with E-state index in [4.69, 9.17) is 4.52 Å². The molecule has 1 aliphatic carbocycles. The Morgan fingerprint density at radius 2 is 1.71 bits per heavy atom. The lowest BCUT2D eigenvalue weighted by molar-refractivity contribution is 0.0994. The fraction of sp³-hybridized carbons (Fsp3) is 0.174. The van der Waals surface area contributed by atoms with Crippen LogP contribution in [0, 0.1) is 0 Å². The Morgan fingerprint density at radius 1 is 1.04 bits per heavy atom. The molecule has 2 aromatic heterocycles. The van der Waals surface area contributed by atoms with Crippen LogP contribution in [0.1, 0.15) is 34.8 Å². The molecule has 0 spiro atoms. The first-order valence-corrected chi connectivity index (χ1v) is 9.41. The molecule has 0 aliphatic heterocycles. The smallest absolute Gasteiger partial charge is 0.259 e. The standard InChI is InChI=1S/C23H19N3O2/c1-26(17-10-6-3-7-11-17)23(27)18-14-19(15-12-13-15)24-22-20(18)21(25-28-22)16-8-4-2-5-9-16/h2-11,14-15H,12-13H2,1H3. The Kier molecular flexibility index (Phi) is 3.93. The van der Waals surface area contributed by atoms with Crippen molar-refractivity contribution in [3.63, 3.8) is 0 Å². The van der Waals surface area contributed by atoms with E-state index in [1.165, 1.54) is 0 Å². The van der Waals surface area contributed by atoms with E-state index in [0.717, 1.165) is 29.8 Å². The highest BCUT2D eigenvalue weighted by atomic mass is 16.5. The van der Waals surface area contributed by atoms with E-state index in [1.54, 1.807) is 11.9 Å². The van der Waals surface area contributed by atoms with E-state index >= 15 is 0 Å². The molecule has 28 heavy (non-hydrogen) atoms. The molecule has 5 rings (SSSR count). The molecule has 1 amide bonds. The third-order valence-electron chi connectivity index (χ3n) is 5.19. The topological polar surface area (TPSA) is 59.2 Å². The van der Waals surface area contributed by atoms with Crippen LogP contribution >= 0.6 is 0 Å². The largest absolute Gasteiger partial charge is 0.335 e. The van der Waals surface area contributed by atoms with Crippen LogP contribution in [0.15, 0.2) is 71.3 Å². The quantitative estimate of drug-likeness (QED) is 0.505. The lowest BCUT2D eigenvalue weighted by atomic mass is 10.0. The number of pyridine rings is 1. The van der Waals surface area contributed by atoms with Crippen LogP contribution in [0.3, 0.4) is 0 Å². The fourth-order valence-electron chi connectivity index (χ4n) is 3.47. The van der Waals surface area contributed by atoms with Crippen LogP contribution in [0.25, 0.3) is 22.4 Å². The molecular weight excluding hydrogens is 350 g/mol. The van der Waals surface area contributed by atoms with E-state index in [9.17, 15) is 4.79 Å². The number of anilines is 1. The summed E-state index contributed by atoms with van der Waals surface area (Å²) in [5.74, 6) is 0.309. The summed E-state index contributed by atoms with van der Waals surface area (Å²) in [4.78, 5) is 19.8. The summed E-state index contributed by atoms with van der Waals surface area (Å²) in [6.07, 6.45) is 2.20. The van der Waals surface area contributed by atoms with Gasteiger partial charge in [-0.3, -0.25) is 4.79 Å². The highest BCUT2D eigenvalue weighted by Crippen LogP contribution is 2.41. The molecule has 0 saturated heterocycles. The molecule has 0 radical (unpaired) electrons. The second-order valence-corrected chi connectivity index (χ2v) is 7.15. The predicted octanol–water partition coefficient (Wildman–Crippen LogP) is 5.04. The summed E-state index contributed by atoms with van der Waals surface area (Å²) >= 11 is 0. The normalized spacial score (nSPS) is 13.6. The van der Waals surface area contributed by atoms with Crippen molar-refractivity contribution in [3.05, 3.63) is 78.0 Å². The van der Waals surface area contributed by atoms with Gasteiger partial charge in [-0.05, 0) is 31.0 Å². The summed E-state index contributed by atoms with van der Waals surface area (Å²) in [5.41, 5.74) is 4.30. The number of para-hydroxylation sites is 1. The van der Waals surface area contributed by atoms with Gasteiger partial charge in [0.05, 0.1) is 10.9 Å². The van der Waals surface area contributed by atoms with Crippen LogP contribution in [-0.4, -0.2) is 23.1 Å². The number of fused-ring (bicyclic) bond motifs is 1. The fourth-order valence-corrected chi connectivity index (χ4v) is 3.47. The number of nitrogens with zero attached hydrogens (tertiary/aromatic N) is 3. The molecule has 4 aromatic rings. The van der Waals surface area contributed by atoms with Gasteiger partial charge in [0, 0.05) is 29.9 Å². The van der Waals surface area contributed by atoms with Gasteiger partial charge >= 0.3 is 0 Å². The lowest BCUT2D eigenvalue weighted by Crippen LogP contribution is -2.26. The molecule has 2 aromatic carbocycles.